The van der Waals surface area contributed by atoms with Crippen molar-refractivity contribution >= 4 is 33.2 Å². The fraction of sp³-hybridized carbons (Fsp3) is 0.267. The van der Waals surface area contributed by atoms with E-state index >= 15 is 0 Å². The second-order valence-electron chi connectivity index (χ2n) is 4.64. The summed E-state index contributed by atoms with van der Waals surface area (Å²) in [5.41, 5.74) is 0.340. The van der Waals surface area contributed by atoms with E-state index in [2.05, 4.69) is 15.9 Å². The zero-order chi connectivity index (χ0) is 14.9. The molecule has 1 aromatic carbocycles. The number of amides is 1. The van der Waals surface area contributed by atoms with E-state index in [9.17, 15) is 9.18 Å². The minimum atomic E-state index is -0.427. The van der Waals surface area contributed by atoms with Gasteiger partial charge in [0, 0.05) is 16.8 Å². The molecule has 0 saturated heterocycles. The van der Waals surface area contributed by atoms with Gasteiger partial charge in [0.15, 0.2) is 0 Å². The second-order valence-corrected chi connectivity index (χ2v) is 6.75. The molecule has 1 unspecified atom stereocenters. The Morgan fingerprint density at radius 2 is 2.05 bits per heavy atom. The monoisotopic (exact) mass is 355 g/mol. The van der Waals surface area contributed by atoms with Gasteiger partial charge in [0.25, 0.3) is 5.91 Å². The molecule has 20 heavy (non-hydrogen) atoms. The van der Waals surface area contributed by atoms with Gasteiger partial charge in [0.2, 0.25) is 0 Å². The summed E-state index contributed by atoms with van der Waals surface area (Å²) < 4.78 is 13.7. The lowest BCUT2D eigenvalue weighted by atomic mass is 10.1. The summed E-state index contributed by atoms with van der Waals surface area (Å²) in [5, 5.41) is 0. The number of hydrogen-bond donors (Lipinski definition) is 0. The van der Waals surface area contributed by atoms with Crippen LogP contribution >= 0.6 is 27.3 Å². The number of thiophene rings is 1. The molecule has 0 bridgehead atoms. The number of aryl methyl sites for hydroxylation is 1. The largest absolute Gasteiger partial charge is 0.334 e. The van der Waals surface area contributed by atoms with E-state index in [1.807, 2.05) is 26.0 Å². The molecular formula is C15H15BrFNOS. The molecule has 0 N–H and O–H groups in total. The van der Waals surface area contributed by atoms with Crippen molar-refractivity contribution in [3.05, 3.63) is 55.9 Å². The van der Waals surface area contributed by atoms with Crippen LogP contribution in [0.2, 0.25) is 0 Å². The minimum Gasteiger partial charge on any atom is -0.334 e. The molecule has 0 aliphatic heterocycles. The van der Waals surface area contributed by atoms with Gasteiger partial charge in [-0.25, -0.2) is 4.39 Å². The van der Waals surface area contributed by atoms with Crippen molar-refractivity contribution in [2.24, 2.45) is 0 Å². The van der Waals surface area contributed by atoms with Gasteiger partial charge in [-0.2, -0.15) is 0 Å². The first kappa shape index (κ1) is 15.2. The first-order chi connectivity index (χ1) is 9.41. The fourth-order valence-corrected chi connectivity index (χ4v) is 3.31. The first-order valence-corrected chi connectivity index (χ1v) is 7.80. The third-order valence-corrected chi connectivity index (χ3v) is 5.23. The third-order valence-electron chi connectivity index (χ3n) is 3.26. The van der Waals surface area contributed by atoms with E-state index in [0.717, 1.165) is 4.88 Å². The normalized spacial score (nSPS) is 12.2. The number of carbonyl (C=O) groups is 1. The van der Waals surface area contributed by atoms with Crippen molar-refractivity contribution in [2.75, 3.05) is 7.05 Å². The Hall–Kier alpha value is -1.20. The van der Waals surface area contributed by atoms with Crippen LogP contribution in [0.15, 0.2) is 34.8 Å². The molecule has 1 aromatic heterocycles. The molecule has 106 valence electrons. The molecule has 0 radical (unpaired) electrons. The maximum Gasteiger partial charge on any atom is 0.255 e. The van der Waals surface area contributed by atoms with Gasteiger partial charge in [-0.3, -0.25) is 4.79 Å². The lowest BCUT2D eigenvalue weighted by Gasteiger charge is -2.24. The summed E-state index contributed by atoms with van der Waals surface area (Å²) in [7, 11) is 1.74. The van der Waals surface area contributed by atoms with Crippen LogP contribution in [0.25, 0.3) is 0 Å². The predicted octanol–water partition coefficient (Wildman–Crippen LogP) is 4.79. The summed E-state index contributed by atoms with van der Waals surface area (Å²) in [6.45, 7) is 4.00. The van der Waals surface area contributed by atoms with Crippen molar-refractivity contribution < 1.29 is 9.18 Å². The summed E-state index contributed by atoms with van der Waals surface area (Å²) >= 11 is 4.80. The number of halogens is 2. The number of benzene rings is 1. The number of hydrogen-bond acceptors (Lipinski definition) is 2. The van der Waals surface area contributed by atoms with Crippen molar-refractivity contribution in [1.29, 1.82) is 0 Å². The van der Waals surface area contributed by atoms with E-state index in [1.54, 1.807) is 35.4 Å². The molecule has 2 aromatic rings. The number of carbonyl (C=O) groups excluding carboxylic acids is 1. The fourth-order valence-electron chi connectivity index (χ4n) is 1.90. The average molecular weight is 356 g/mol. The van der Waals surface area contributed by atoms with E-state index in [-0.39, 0.29) is 16.4 Å². The van der Waals surface area contributed by atoms with Gasteiger partial charge in [-0.15, -0.1) is 11.3 Å². The molecule has 0 aliphatic rings. The second kappa shape index (κ2) is 6.06. The Bertz CT molecular complexity index is 641. The van der Waals surface area contributed by atoms with Crippen LogP contribution in [-0.2, 0) is 0 Å². The summed E-state index contributed by atoms with van der Waals surface area (Å²) in [4.78, 5) is 16.4. The van der Waals surface area contributed by atoms with Gasteiger partial charge in [0.1, 0.15) is 5.82 Å². The summed E-state index contributed by atoms with van der Waals surface area (Å²) in [5.74, 6) is -0.626. The van der Waals surface area contributed by atoms with Crippen molar-refractivity contribution in [2.45, 2.75) is 19.9 Å². The molecule has 2 rings (SSSR count). The van der Waals surface area contributed by atoms with Gasteiger partial charge in [-0.05, 0) is 54.0 Å². The molecule has 0 fully saturated rings. The Morgan fingerprint density at radius 3 is 2.65 bits per heavy atom. The van der Waals surface area contributed by atoms with Crippen LogP contribution in [0.3, 0.4) is 0 Å². The predicted molar refractivity (Wildman–Crippen MR) is 83.7 cm³/mol. The quantitative estimate of drug-likeness (QED) is 0.774. The SMILES string of the molecule is Cc1ccc(C(C)N(C)C(=O)c2cccc(F)c2Br)s1. The third kappa shape index (κ3) is 2.94. The Labute approximate surface area is 130 Å². The number of nitrogens with zero attached hydrogens (tertiary/aromatic N) is 1. The average Bonchev–Trinajstić information content (AvgIpc) is 2.86. The van der Waals surface area contributed by atoms with Crippen molar-refractivity contribution in [1.82, 2.24) is 4.90 Å². The molecule has 0 saturated carbocycles. The van der Waals surface area contributed by atoms with Crippen molar-refractivity contribution in [3.8, 4) is 0 Å². The van der Waals surface area contributed by atoms with E-state index in [0.29, 0.717) is 5.56 Å². The smallest absolute Gasteiger partial charge is 0.255 e. The molecule has 0 spiro atoms. The van der Waals surface area contributed by atoms with Crippen LogP contribution in [0, 0.1) is 12.7 Å². The maximum absolute atomic E-state index is 13.5. The first-order valence-electron chi connectivity index (χ1n) is 6.19. The Morgan fingerprint density at radius 1 is 1.35 bits per heavy atom. The summed E-state index contributed by atoms with van der Waals surface area (Å²) in [6.07, 6.45) is 0. The van der Waals surface area contributed by atoms with Crippen LogP contribution in [0.4, 0.5) is 4.39 Å². The van der Waals surface area contributed by atoms with Gasteiger partial charge < -0.3 is 4.90 Å². The van der Waals surface area contributed by atoms with Gasteiger partial charge in [-0.1, -0.05) is 6.07 Å². The van der Waals surface area contributed by atoms with Crippen LogP contribution in [0.5, 0.6) is 0 Å². The highest BCUT2D eigenvalue weighted by Crippen LogP contribution is 2.29. The molecule has 1 atom stereocenters. The highest BCUT2D eigenvalue weighted by molar-refractivity contribution is 9.10. The molecule has 1 heterocycles. The lowest BCUT2D eigenvalue weighted by molar-refractivity contribution is 0.0743. The Balaban J connectivity index is 2.26. The zero-order valence-corrected chi connectivity index (χ0v) is 13.9. The van der Waals surface area contributed by atoms with Crippen LogP contribution in [0.1, 0.15) is 33.1 Å². The standard InChI is InChI=1S/C15H15BrFNOS/c1-9-7-8-13(20-9)10(2)18(3)15(19)11-5-4-6-12(17)14(11)16/h4-8,10H,1-3H3. The van der Waals surface area contributed by atoms with E-state index < -0.39 is 5.82 Å². The van der Waals surface area contributed by atoms with Gasteiger partial charge >= 0.3 is 0 Å². The molecule has 1 amide bonds. The molecule has 0 aliphatic carbocycles. The van der Waals surface area contributed by atoms with E-state index in [1.165, 1.54) is 10.9 Å². The Kier molecular flexibility index (Phi) is 4.60. The molecule has 5 heteroatoms. The summed E-state index contributed by atoms with van der Waals surface area (Å²) in [6, 6.07) is 8.50. The van der Waals surface area contributed by atoms with E-state index in [4.69, 9.17) is 0 Å². The number of rotatable bonds is 3. The topological polar surface area (TPSA) is 20.3 Å². The highest BCUT2D eigenvalue weighted by atomic mass is 79.9. The zero-order valence-electron chi connectivity index (χ0n) is 11.5. The van der Waals surface area contributed by atoms with Gasteiger partial charge in [0.05, 0.1) is 16.1 Å². The lowest BCUT2D eigenvalue weighted by Crippen LogP contribution is -2.29. The maximum atomic E-state index is 13.5. The van der Waals surface area contributed by atoms with Crippen molar-refractivity contribution in [3.63, 3.8) is 0 Å². The van der Waals surface area contributed by atoms with Crippen LogP contribution in [-0.4, -0.2) is 17.9 Å². The molecule has 2 nitrogen and oxygen atoms in total. The van der Waals surface area contributed by atoms with Crippen LogP contribution < -0.4 is 0 Å². The minimum absolute atomic E-state index is 0.0450. The molecular weight excluding hydrogens is 341 g/mol. The highest BCUT2D eigenvalue weighted by Gasteiger charge is 2.22.